The van der Waals surface area contributed by atoms with Crippen molar-refractivity contribution in [2.75, 3.05) is 7.11 Å². The van der Waals surface area contributed by atoms with E-state index in [1.165, 1.54) is 6.07 Å². The Kier molecular flexibility index (Phi) is 5.58. The van der Waals surface area contributed by atoms with Crippen LogP contribution in [-0.2, 0) is 17.9 Å². The lowest BCUT2D eigenvalue weighted by Crippen LogP contribution is -1.97. The molecule has 0 atom stereocenters. The van der Waals surface area contributed by atoms with Crippen LogP contribution in [-0.4, -0.2) is 37.1 Å². The lowest BCUT2D eigenvalue weighted by atomic mass is 9.93. The summed E-state index contributed by atoms with van der Waals surface area (Å²) < 4.78 is 22.4. The third-order valence-corrected chi connectivity index (χ3v) is 5.64. The maximum absolute atomic E-state index is 15.1. The normalized spacial score (nSPS) is 11.2. The van der Waals surface area contributed by atoms with E-state index in [-0.39, 0.29) is 5.82 Å². The van der Waals surface area contributed by atoms with E-state index in [0.29, 0.717) is 17.8 Å². The zero-order valence-electron chi connectivity index (χ0n) is 18.2. The largest absolute Gasteiger partial charge is 0.380 e. The van der Waals surface area contributed by atoms with Gasteiger partial charge in [0.05, 0.1) is 31.5 Å². The smallest absolute Gasteiger partial charge is 0.183 e. The average Bonchev–Trinajstić information content (AvgIpc) is 3.29. The molecule has 0 amide bonds. The minimum absolute atomic E-state index is 0.313. The summed E-state index contributed by atoms with van der Waals surface area (Å²) in [5.74, 6) is -0.313. The van der Waals surface area contributed by atoms with Gasteiger partial charge < -0.3 is 9.30 Å². The zero-order valence-corrected chi connectivity index (χ0v) is 18.2. The van der Waals surface area contributed by atoms with Gasteiger partial charge in [-0.1, -0.05) is 18.2 Å². The van der Waals surface area contributed by atoms with E-state index in [2.05, 4.69) is 25.4 Å². The molecule has 3 aromatic heterocycles. The van der Waals surface area contributed by atoms with E-state index in [0.717, 1.165) is 45.4 Å². The molecule has 5 aromatic rings. The van der Waals surface area contributed by atoms with Gasteiger partial charge in [-0.3, -0.25) is 0 Å². The van der Waals surface area contributed by atoms with Crippen LogP contribution in [0, 0.1) is 5.82 Å². The molecule has 8 heteroatoms. The van der Waals surface area contributed by atoms with Crippen molar-refractivity contribution in [3.63, 3.8) is 0 Å². The Labute approximate surface area is 189 Å². The van der Waals surface area contributed by atoms with Crippen LogP contribution in [0.3, 0.4) is 0 Å². The SMILES string of the molecule is CCn1cnc2c(-c3ccc(F)c(-c4ccc(-c5ccnnc5)cc4COC)c3)cnnc21. The molecule has 3 heterocycles. The van der Waals surface area contributed by atoms with Crippen LogP contribution in [0.4, 0.5) is 4.39 Å². The number of hydrogen-bond acceptors (Lipinski definition) is 6. The fourth-order valence-corrected chi connectivity index (χ4v) is 3.99. The Bertz CT molecular complexity index is 1430. The van der Waals surface area contributed by atoms with Gasteiger partial charge in [-0.2, -0.15) is 15.3 Å². The highest BCUT2D eigenvalue weighted by Crippen LogP contribution is 2.35. The van der Waals surface area contributed by atoms with Crippen molar-refractivity contribution in [2.45, 2.75) is 20.1 Å². The molecule has 2 aromatic carbocycles. The maximum Gasteiger partial charge on any atom is 0.183 e. The fraction of sp³-hybridized carbons (Fsp3) is 0.160. The monoisotopic (exact) mass is 440 g/mol. The summed E-state index contributed by atoms with van der Waals surface area (Å²) in [4.78, 5) is 4.52. The molecule has 7 nitrogen and oxygen atoms in total. The quantitative estimate of drug-likeness (QED) is 0.373. The van der Waals surface area contributed by atoms with Crippen molar-refractivity contribution < 1.29 is 9.13 Å². The molecule has 164 valence electrons. The summed E-state index contributed by atoms with van der Waals surface area (Å²) in [5.41, 5.74) is 7.08. The van der Waals surface area contributed by atoms with Crippen LogP contribution < -0.4 is 0 Å². The first-order valence-electron chi connectivity index (χ1n) is 10.6. The van der Waals surface area contributed by atoms with E-state index >= 15 is 4.39 Å². The number of hydrogen-bond donors (Lipinski definition) is 0. The molecular weight excluding hydrogens is 419 g/mol. The third kappa shape index (κ3) is 3.85. The first-order valence-corrected chi connectivity index (χ1v) is 10.6. The second-order valence-electron chi connectivity index (χ2n) is 7.59. The molecule has 0 unspecified atom stereocenters. The number of halogens is 1. The molecule has 0 aliphatic heterocycles. The molecule has 0 N–H and O–H groups in total. The molecule has 0 fully saturated rings. The summed E-state index contributed by atoms with van der Waals surface area (Å²) >= 11 is 0. The molecule has 0 saturated carbocycles. The Morgan fingerprint density at radius 2 is 1.76 bits per heavy atom. The highest BCUT2D eigenvalue weighted by Gasteiger charge is 2.16. The molecule has 33 heavy (non-hydrogen) atoms. The predicted octanol–water partition coefficient (Wildman–Crippen LogP) is 4.92. The van der Waals surface area contributed by atoms with Crippen LogP contribution in [0.1, 0.15) is 12.5 Å². The van der Waals surface area contributed by atoms with Crippen molar-refractivity contribution in [2.24, 2.45) is 0 Å². The molecule has 0 radical (unpaired) electrons. The van der Waals surface area contributed by atoms with Crippen LogP contribution in [0.5, 0.6) is 0 Å². The maximum atomic E-state index is 15.1. The van der Waals surface area contributed by atoms with Gasteiger partial charge in [0.1, 0.15) is 11.3 Å². The van der Waals surface area contributed by atoms with Gasteiger partial charge in [0.2, 0.25) is 0 Å². The third-order valence-electron chi connectivity index (χ3n) is 5.64. The van der Waals surface area contributed by atoms with Crippen LogP contribution in [0.15, 0.2) is 67.4 Å². The standard InChI is InChI=1S/C25H21FN6O/c1-3-32-15-27-24-22(13-30-31-25(24)32)17-5-7-23(26)21(11-17)20-6-4-16(10-19(20)14-33-2)18-8-9-28-29-12-18/h4-13,15H,3,14H2,1-2H3. The highest BCUT2D eigenvalue weighted by molar-refractivity contribution is 5.90. The van der Waals surface area contributed by atoms with Gasteiger partial charge in [0.25, 0.3) is 0 Å². The van der Waals surface area contributed by atoms with Crippen LogP contribution in [0.25, 0.3) is 44.5 Å². The van der Waals surface area contributed by atoms with E-state index < -0.39 is 0 Å². The number of benzene rings is 2. The molecule has 0 aliphatic carbocycles. The molecular formula is C25H21FN6O. The summed E-state index contributed by atoms with van der Waals surface area (Å²) in [6, 6.07) is 12.8. The molecule has 0 bridgehead atoms. The number of aryl methyl sites for hydroxylation is 1. The number of aromatic nitrogens is 6. The number of nitrogens with zero attached hydrogens (tertiary/aromatic N) is 6. The van der Waals surface area contributed by atoms with Crippen molar-refractivity contribution in [1.29, 1.82) is 0 Å². The number of methoxy groups -OCH3 is 1. The van der Waals surface area contributed by atoms with E-state index in [9.17, 15) is 0 Å². The summed E-state index contributed by atoms with van der Waals surface area (Å²) in [7, 11) is 1.63. The predicted molar refractivity (Wildman–Crippen MR) is 124 cm³/mol. The Morgan fingerprint density at radius 1 is 0.879 bits per heavy atom. The van der Waals surface area contributed by atoms with E-state index in [1.807, 2.05) is 41.8 Å². The highest BCUT2D eigenvalue weighted by atomic mass is 19.1. The van der Waals surface area contributed by atoms with Crippen molar-refractivity contribution in [3.8, 4) is 33.4 Å². The number of rotatable bonds is 6. The second-order valence-corrected chi connectivity index (χ2v) is 7.59. The van der Waals surface area contributed by atoms with Crippen molar-refractivity contribution in [3.05, 3.63) is 78.8 Å². The first-order chi connectivity index (χ1) is 16.2. The van der Waals surface area contributed by atoms with Crippen molar-refractivity contribution >= 4 is 11.2 Å². The van der Waals surface area contributed by atoms with Gasteiger partial charge in [-0.25, -0.2) is 9.37 Å². The van der Waals surface area contributed by atoms with Crippen LogP contribution >= 0.6 is 0 Å². The van der Waals surface area contributed by atoms with Gasteiger partial charge >= 0.3 is 0 Å². The molecule has 0 spiro atoms. The second kappa shape index (κ2) is 8.84. The minimum atomic E-state index is -0.313. The Hall–Kier alpha value is -4.04. The summed E-state index contributed by atoms with van der Waals surface area (Å²) in [5, 5.41) is 16.2. The van der Waals surface area contributed by atoms with Gasteiger partial charge in [0.15, 0.2) is 5.65 Å². The topological polar surface area (TPSA) is 78.6 Å². The molecule has 5 rings (SSSR count). The fourth-order valence-electron chi connectivity index (χ4n) is 3.99. The number of imidazole rings is 1. The van der Waals surface area contributed by atoms with Gasteiger partial charge in [-0.05, 0) is 53.4 Å². The Balaban J connectivity index is 1.64. The Morgan fingerprint density at radius 3 is 2.55 bits per heavy atom. The summed E-state index contributed by atoms with van der Waals surface area (Å²) in [6.45, 7) is 3.10. The zero-order chi connectivity index (χ0) is 22.8. The van der Waals surface area contributed by atoms with Crippen LogP contribution in [0.2, 0.25) is 0 Å². The van der Waals surface area contributed by atoms with E-state index in [1.54, 1.807) is 38.1 Å². The molecule has 0 aliphatic rings. The number of ether oxygens (including phenoxy) is 1. The molecule has 0 saturated heterocycles. The van der Waals surface area contributed by atoms with Gasteiger partial charge in [-0.15, -0.1) is 5.10 Å². The first kappa shape index (κ1) is 20.8. The van der Waals surface area contributed by atoms with Gasteiger partial charge in [0, 0.05) is 30.3 Å². The van der Waals surface area contributed by atoms with Crippen molar-refractivity contribution in [1.82, 2.24) is 29.9 Å². The lowest BCUT2D eigenvalue weighted by molar-refractivity contribution is 0.185. The number of fused-ring (bicyclic) bond motifs is 1. The van der Waals surface area contributed by atoms with E-state index in [4.69, 9.17) is 4.74 Å². The summed E-state index contributed by atoms with van der Waals surface area (Å²) in [6.07, 6.45) is 6.76. The average molecular weight is 440 g/mol. The lowest BCUT2D eigenvalue weighted by Gasteiger charge is -2.14. The minimum Gasteiger partial charge on any atom is -0.380 e.